The van der Waals surface area contributed by atoms with Crippen LogP contribution in [0, 0.1) is 13.8 Å². The average molecular weight is 248 g/mol. The van der Waals surface area contributed by atoms with Gasteiger partial charge in [0, 0.05) is 17.8 Å². The van der Waals surface area contributed by atoms with Crippen LogP contribution in [0.15, 0.2) is 12.1 Å². The molecule has 2 N–H and O–H groups in total. The summed E-state index contributed by atoms with van der Waals surface area (Å²) in [5.74, 6) is 0. The minimum absolute atomic E-state index is 0.159. The molecular formula is C15H24N2O. The quantitative estimate of drug-likeness (QED) is 0.776. The van der Waals surface area contributed by atoms with Crippen LogP contribution < -0.4 is 5.73 Å². The molecule has 0 saturated carbocycles. The van der Waals surface area contributed by atoms with Crippen LogP contribution in [0.3, 0.4) is 0 Å². The third kappa shape index (κ3) is 2.52. The van der Waals surface area contributed by atoms with Gasteiger partial charge in [0.15, 0.2) is 0 Å². The Morgan fingerprint density at radius 3 is 2.22 bits per heavy atom. The summed E-state index contributed by atoms with van der Waals surface area (Å²) in [5.41, 5.74) is 10.6. The van der Waals surface area contributed by atoms with E-state index < -0.39 is 0 Å². The molecule has 3 nitrogen and oxygen atoms in total. The summed E-state index contributed by atoms with van der Waals surface area (Å²) in [4.78, 5) is 2.36. The minimum atomic E-state index is 0.159. The molecule has 0 aromatic heterocycles. The molecule has 1 aromatic carbocycles. The molecular weight excluding hydrogens is 224 g/mol. The van der Waals surface area contributed by atoms with E-state index in [1.807, 2.05) is 0 Å². The Bertz CT molecular complexity index is 425. The highest BCUT2D eigenvalue weighted by atomic mass is 16.5. The van der Waals surface area contributed by atoms with Gasteiger partial charge in [-0.3, -0.25) is 4.90 Å². The van der Waals surface area contributed by atoms with Crippen LogP contribution in [0.1, 0.15) is 43.6 Å². The van der Waals surface area contributed by atoms with E-state index in [9.17, 15) is 0 Å². The number of ether oxygens (including phenoxy) is 1. The van der Waals surface area contributed by atoms with Crippen molar-refractivity contribution in [3.8, 4) is 0 Å². The average Bonchev–Trinajstić information content (AvgIpc) is 2.73. The number of nitrogens with two attached hydrogens (primary N) is 1. The molecule has 0 bridgehead atoms. The highest BCUT2D eigenvalue weighted by molar-refractivity contribution is 5.54. The molecule has 0 unspecified atom stereocenters. The Balaban J connectivity index is 2.20. The lowest BCUT2D eigenvalue weighted by molar-refractivity contribution is 0.0607. The van der Waals surface area contributed by atoms with Gasteiger partial charge >= 0.3 is 0 Å². The van der Waals surface area contributed by atoms with Crippen molar-refractivity contribution in [2.75, 3.05) is 19.0 Å². The van der Waals surface area contributed by atoms with Gasteiger partial charge in [-0.15, -0.1) is 0 Å². The van der Waals surface area contributed by atoms with E-state index in [0.29, 0.717) is 6.73 Å². The van der Waals surface area contributed by atoms with Gasteiger partial charge in [0.05, 0.1) is 6.10 Å². The lowest BCUT2D eigenvalue weighted by atomic mass is 10.00. The third-order valence-electron chi connectivity index (χ3n) is 3.75. The number of rotatable bonds is 1. The smallest absolute Gasteiger partial charge is 0.100 e. The highest BCUT2D eigenvalue weighted by Crippen LogP contribution is 2.31. The zero-order chi connectivity index (χ0) is 13.5. The maximum atomic E-state index is 5.99. The summed E-state index contributed by atoms with van der Waals surface area (Å²) in [6.07, 6.45) is 0.169. The molecule has 2 rings (SSSR count). The topological polar surface area (TPSA) is 38.5 Å². The lowest BCUT2D eigenvalue weighted by Crippen LogP contribution is -2.39. The predicted molar refractivity (Wildman–Crippen MR) is 75.5 cm³/mol. The van der Waals surface area contributed by atoms with E-state index in [-0.39, 0.29) is 11.6 Å². The van der Waals surface area contributed by atoms with Crippen molar-refractivity contribution in [3.05, 3.63) is 28.8 Å². The molecule has 1 saturated heterocycles. The Morgan fingerprint density at radius 1 is 1.22 bits per heavy atom. The van der Waals surface area contributed by atoms with Crippen molar-refractivity contribution in [1.82, 2.24) is 4.90 Å². The molecule has 0 amide bonds. The van der Waals surface area contributed by atoms with E-state index in [4.69, 9.17) is 10.5 Å². The van der Waals surface area contributed by atoms with Crippen LogP contribution >= 0.6 is 0 Å². The van der Waals surface area contributed by atoms with Crippen molar-refractivity contribution in [2.24, 2.45) is 0 Å². The second-order valence-electron chi connectivity index (χ2n) is 6.25. The molecule has 0 radical (unpaired) electrons. The molecule has 1 fully saturated rings. The Labute approximate surface area is 110 Å². The molecule has 1 heterocycles. The van der Waals surface area contributed by atoms with Gasteiger partial charge in [0.2, 0.25) is 0 Å². The zero-order valence-corrected chi connectivity index (χ0v) is 12.1. The molecule has 0 aliphatic carbocycles. The van der Waals surface area contributed by atoms with Crippen molar-refractivity contribution in [3.63, 3.8) is 0 Å². The maximum absolute atomic E-state index is 5.99. The van der Waals surface area contributed by atoms with Crippen LogP contribution in [-0.4, -0.2) is 23.7 Å². The monoisotopic (exact) mass is 248 g/mol. The fourth-order valence-electron chi connectivity index (χ4n) is 2.35. The van der Waals surface area contributed by atoms with Crippen molar-refractivity contribution in [1.29, 1.82) is 0 Å². The maximum Gasteiger partial charge on any atom is 0.100 e. The third-order valence-corrected chi connectivity index (χ3v) is 3.75. The number of nitrogen functional groups attached to an aromatic ring is 1. The van der Waals surface area contributed by atoms with Crippen LogP contribution in [-0.2, 0) is 4.74 Å². The number of hydrogen-bond donors (Lipinski definition) is 1. The number of hydrogen-bond acceptors (Lipinski definition) is 3. The van der Waals surface area contributed by atoms with Gasteiger partial charge in [-0.1, -0.05) is 12.1 Å². The van der Waals surface area contributed by atoms with Crippen molar-refractivity contribution < 1.29 is 4.74 Å². The molecule has 100 valence electrons. The summed E-state index contributed by atoms with van der Waals surface area (Å²) in [6, 6.07) is 4.30. The second-order valence-corrected chi connectivity index (χ2v) is 6.25. The van der Waals surface area contributed by atoms with Gasteiger partial charge in [-0.05, 0) is 51.3 Å². The predicted octanol–water partition coefficient (Wildman–Crippen LogP) is 3.01. The number of aryl methyl sites for hydroxylation is 2. The molecule has 1 aliphatic heterocycles. The van der Waals surface area contributed by atoms with Crippen LogP contribution in [0.2, 0.25) is 0 Å². The molecule has 1 atom stereocenters. The van der Waals surface area contributed by atoms with Gasteiger partial charge in [-0.2, -0.15) is 0 Å². The first-order chi connectivity index (χ1) is 8.29. The fourth-order valence-corrected chi connectivity index (χ4v) is 2.35. The number of nitrogens with zero attached hydrogens (tertiary/aromatic N) is 1. The highest BCUT2D eigenvalue weighted by Gasteiger charge is 2.31. The first-order valence-corrected chi connectivity index (χ1v) is 6.52. The van der Waals surface area contributed by atoms with Crippen molar-refractivity contribution >= 4 is 5.69 Å². The number of benzene rings is 1. The summed E-state index contributed by atoms with van der Waals surface area (Å²) in [6.45, 7) is 12.4. The van der Waals surface area contributed by atoms with E-state index in [2.05, 4.69) is 51.7 Å². The van der Waals surface area contributed by atoms with Crippen LogP contribution in [0.25, 0.3) is 0 Å². The normalized spacial score (nSPS) is 21.5. The number of anilines is 1. The van der Waals surface area contributed by atoms with Gasteiger partial charge in [0.1, 0.15) is 6.73 Å². The standard InChI is InChI=1S/C15H24N2O/c1-10-6-12(7-11(2)14(10)16)13-8-17(9-18-13)15(3,4)5/h6-7,13H,8-9,16H2,1-5H3/t13-/m1/s1. The first-order valence-electron chi connectivity index (χ1n) is 6.52. The Hall–Kier alpha value is -1.06. The van der Waals surface area contributed by atoms with Crippen LogP contribution in [0.5, 0.6) is 0 Å². The Morgan fingerprint density at radius 2 is 1.78 bits per heavy atom. The van der Waals surface area contributed by atoms with Crippen molar-refractivity contribution in [2.45, 2.75) is 46.3 Å². The Kier molecular flexibility index (Phi) is 3.39. The molecule has 1 aromatic rings. The largest absolute Gasteiger partial charge is 0.398 e. The second kappa shape index (κ2) is 4.56. The summed E-state index contributed by atoms with van der Waals surface area (Å²) in [5, 5.41) is 0. The van der Waals surface area contributed by atoms with Gasteiger partial charge < -0.3 is 10.5 Å². The minimum Gasteiger partial charge on any atom is -0.398 e. The summed E-state index contributed by atoms with van der Waals surface area (Å²) < 4.78 is 5.91. The summed E-state index contributed by atoms with van der Waals surface area (Å²) >= 11 is 0. The van der Waals surface area contributed by atoms with E-state index in [1.165, 1.54) is 5.56 Å². The molecule has 1 aliphatic rings. The van der Waals surface area contributed by atoms with Gasteiger partial charge in [0.25, 0.3) is 0 Å². The van der Waals surface area contributed by atoms with E-state index in [0.717, 1.165) is 23.4 Å². The summed E-state index contributed by atoms with van der Waals surface area (Å²) in [7, 11) is 0. The van der Waals surface area contributed by atoms with E-state index >= 15 is 0 Å². The molecule has 3 heteroatoms. The zero-order valence-electron chi connectivity index (χ0n) is 12.1. The molecule has 0 spiro atoms. The first kappa shape index (κ1) is 13.4. The fraction of sp³-hybridized carbons (Fsp3) is 0.600. The van der Waals surface area contributed by atoms with E-state index in [1.54, 1.807) is 0 Å². The van der Waals surface area contributed by atoms with Gasteiger partial charge in [-0.25, -0.2) is 0 Å². The lowest BCUT2D eigenvalue weighted by Gasteiger charge is -2.29. The SMILES string of the molecule is Cc1cc([C@H]2CN(C(C)(C)C)CO2)cc(C)c1N. The molecule has 18 heavy (non-hydrogen) atoms. The van der Waals surface area contributed by atoms with Crippen LogP contribution in [0.4, 0.5) is 5.69 Å².